The Morgan fingerprint density at radius 1 is 1.13 bits per heavy atom. The molecule has 0 unspecified atom stereocenters. The van der Waals surface area contributed by atoms with Crippen LogP contribution in [-0.4, -0.2) is 52.4 Å². The first-order valence-electron chi connectivity index (χ1n) is 12.1. The minimum Gasteiger partial charge on any atom is -0.361 e. The zero-order valence-electron chi connectivity index (χ0n) is 17.9. The van der Waals surface area contributed by atoms with Gasteiger partial charge in [-0.25, -0.2) is 0 Å². The number of aryl methyl sites for hydroxylation is 1. The molecule has 3 aliphatic heterocycles. The molecule has 6 rings (SSSR count). The van der Waals surface area contributed by atoms with Crippen molar-refractivity contribution in [2.45, 2.75) is 63.5 Å². The van der Waals surface area contributed by atoms with Crippen molar-refractivity contribution in [3.8, 4) is 0 Å². The number of aromatic nitrogens is 1. The summed E-state index contributed by atoms with van der Waals surface area (Å²) in [6, 6.07) is 9.55. The molecule has 3 saturated heterocycles. The Labute approximate surface area is 179 Å². The molecule has 1 aromatic carbocycles. The highest BCUT2D eigenvalue weighted by Crippen LogP contribution is 2.45. The Balaban J connectivity index is 1.20. The zero-order chi connectivity index (χ0) is 20.1. The van der Waals surface area contributed by atoms with Gasteiger partial charge in [-0.2, -0.15) is 0 Å². The van der Waals surface area contributed by atoms with Gasteiger partial charge in [0, 0.05) is 42.7 Å². The number of aromatic amines is 1. The third kappa shape index (κ3) is 3.11. The van der Waals surface area contributed by atoms with Gasteiger partial charge in [-0.1, -0.05) is 36.3 Å². The number of carbonyl (C=O) groups excluding carboxylic acids is 1. The fourth-order valence-electron chi connectivity index (χ4n) is 6.98. The molecule has 0 saturated carbocycles. The first-order valence-corrected chi connectivity index (χ1v) is 12.1. The number of hydrogen-bond acceptors (Lipinski definition) is 2. The number of H-pyrrole nitrogens is 1. The van der Waals surface area contributed by atoms with E-state index in [0.29, 0.717) is 24.3 Å². The number of nitrogens with zero attached hydrogens (tertiary/aromatic N) is 2. The molecule has 30 heavy (non-hydrogen) atoms. The van der Waals surface area contributed by atoms with E-state index in [1.807, 2.05) is 0 Å². The van der Waals surface area contributed by atoms with Gasteiger partial charge in [-0.3, -0.25) is 9.69 Å². The van der Waals surface area contributed by atoms with Crippen molar-refractivity contribution >= 4 is 16.8 Å². The van der Waals surface area contributed by atoms with E-state index < -0.39 is 0 Å². The van der Waals surface area contributed by atoms with E-state index in [1.54, 1.807) is 5.57 Å². The highest BCUT2D eigenvalue weighted by molar-refractivity contribution is 5.84. The lowest BCUT2D eigenvalue weighted by Crippen LogP contribution is -2.60. The van der Waals surface area contributed by atoms with Gasteiger partial charge in [0.2, 0.25) is 5.91 Å². The fraction of sp³-hybridized carbons (Fsp3) is 0.577. The van der Waals surface area contributed by atoms with E-state index >= 15 is 0 Å². The van der Waals surface area contributed by atoms with Gasteiger partial charge in [0.05, 0.1) is 6.04 Å². The van der Waals surface area contributed by atoms with Crippen LogP contribution in [0.2, 0.25) is 0 Å². The maximum absolute atomic E-state index is 13.4. The number of amides is 1. The van der Waals surface area contributed by atoms with Crippen LogP contribution in [0.15, 0.2) is 42.1 Å². The van der Waals surface area contributed by atoms with Gasteiger partial charge >= 0.3 is 0 Å². The van der Waals surface area contributed by atoms with E-state index in [4.69, 9.17) is 0 Å². The van der Waals surface area contributed by atoms with E-state index in [9.17, 15) is 4.79 Å². The van der Waals surface area contributed by atoms with Crippen LogP contribution in [0.3, 0.4) is 0 Å². The molecule has 4 atom stereocenters. The lowest BCUT2D eigenvalue weighted by atomic mass is 9.68. The number of fused-ring (bicyclic) bond motifs is 7. The van der Waals surface area contributed by atoms with Crippen molar-refractivity contribution in [2.24, 2.45) is 11.8 Å². The first kappa shape index (κ1) is 18.7. The molecule has 158 valence electrons. The molecule has 4 aliphatic rings. The highest BCUT2D eigenvalue weighted by Gasteiger charge is 2.46. The summed E-state index contributed by atoms with van der Waals surface area (Å²) >= 11 is 0. The van der Waals surface area contributed by atoms with Gasteiger partial charge in [-0.05, 0) is 68.5 Å². The second-order valence-corrected chi connectivity index (χ2v) is 9.95. The number of para-hydroxylation sites is 1. The van der Waals surface area contributed by atoms with Gasteiger partial charge in [0.15, 0.2) is 0 Å². The van der Waals surface area contributed by atoms with E-state index in [-0.39, 0.29) is 0 Å². The van der Waals surface area contributed by atoms with Crippen molar-refractivity contribution < 1.29 is 4.79 Å². The molecule has 4 heteroatoms. The van der Waals surface area contributed by atoms with Crippen LogP contribution in [0.1, 0.15) is 50.5 Å². The second kappa shape index (κ2) is 7.56. The monoisotopic (exact) mass is 403 g/mol. The first-order chi connectivity index (χ1) is 14.8. The van der Waals surface area contributed by atoms with Gasteiger partial charge < -0.3 is 9.88 Å². The molecule has 1 aromatic heterocycles. The minimum absolute atomic E-state index is 0.357. The molecular weight excluding hydrogens is 370 g/mol. The van der Waals surface area contributed by atoms with Crippen LogP contribution >= 0.6 is 0 Å². The maximum Gasteiger partial charge on any atom is 0.223 e. The van der Waals surface area contributed by atoms with Crippen LogP contribution in [0.25, 0.3) is 10.9 Å². The number of carbonyl (C=O) groups is 1. The van der Waals surface area contributed by atoms with Crippen molar-refractivity contribution in [2.75, 3.05) is 19.6 Å². The molecule has 2 aromatic rings. The van der Waals surface area contributed by atoms with Crippen molar-refractivity contribution in [1.29, 1.82) is 0 Å². The van der Waals surface area contributed by atoms with Crippen LogP contribution < -0.4 is 0 Å². The van der Waals surface area contributed by atoms with Crippen LogP contribution in [-0.2, 0) is 11.2 Å². The molecule has 0 spiro atoms. The summed E-state index contributed by atoms with van der Waals surface area (Å²) in [5.74, 6) is 1.73. The third-order valence-corrected chi connectivity index (χ3v) is 8.26. The largest absolute Gasteiger partial charge is 0.361 e. The molecule has 2 bridgehead atoms. The minimum atomic E-state index is 0.357. The summed E-state index contributed by atoms with van der Waals surface area (Å²) in [5, 5.41) is 1.26. The van der Waals surface area contributed by atoms with Crippen LogP contribution in [0.4, 0.5) is 0 Å². The Hall–Kier alpha value is -2.07. The van der Waals surface area contributed by atoms with E-state index in [1.165, 1.54) is 61.7 Å². The van der Waals surface area contributed by atoms with Gasteiger partial charge in [0.25, 0.3) is 0 Å². The molecule has 4 nitrogen and oxygen atoms in total. The normalized spacial score (nSPS) is 31.2. The summed E-state index contributed by atoms with van der Waals surface area (Å²) < 4.78 is 0. The van der Waals surface area contributed by atoms with Crippen molar-refractivity contribution in [3.63, 3.8) is 0 Å². The Morgan fingerprint density at radius 3 is 3.03 bits per heavy atom. The second-order valence-electron chi connectivity index (χ2n) is 9.95. The standard InChI is InChI=1S/C26H33N3O/c30-25(11-10-19-16-27-23-8-2-1-7-22(19)23)29-13-5-6-18-14-20-15-21(26(18)29)17-28-12-4-3-9-24(20)28/h1-2,7-8,14,16,20-21,24,26-27H,3-6,9-13,15,17H2/t20-,21+,24-,26-/m1/s1. The fourth-order valence-corrected chi connectivity index (χ4v) is 6.98. The van der Waals surface area contributed by atoms with E-state index in [2.05, 4.69) is 51.3 Å². The number of benzene rings is 1. The average molecular weight is 404 g/mol. The van der Waals surface area contributed by atoms with E-state index in [0.717, 1.165) is 31.3 Å². The summed E-state index contributed by atoms with van der Waals surface area (Å²) in [5.41, 5.74) is 4.03. The number of hydrogen-bond donors (Lipinski definition) is 1. The maximum atomic E-state index is 13.4. The predicted octanol–water partition coefficient (Wildman–Crippen LogP) is 4.52. The average Bonchev–Trinajstić information content (AvgIpc) is 3.20. The quantitative estimate of drug-likeness (QED) is 0.765. The molecule has 3 fully saturated rings. The summed E-state index contributed by atoms with van der Waals surface area (Å²) in [4.78, 5) is 21.8. The number of likely N-dealkylation sites (tertiary alicyclic amines) is 1. The van der Waals surface area contributed by atoms with Gasteiger partial charge in [0.1, 0.15) is 0 Å². The van der Waals surface area contributed by atoms with Crippen LogP contribution in [0, 0.1) is 11.8 Å². The van der Waals surface area contributed by atoms with Gasteiger partial charge in [-0.15, -0.1) is 0 Å². The predicted molar refractivity (Wildman–Crippen MR) is 120 cm³/mol. The molecular formula is C26H33N3O. The summed E-state index contributed by atoms with van der Waals surface area (Å²) in [6.45, 7) is 3.41. The topological polar surface area (TPSA) is 39.3 Å². The van der Waals surface area contributed by atoms with Crippen molar-refractivity contribution in [1.82, 2.24) is 14.8 Å². The summed E-state index contributed by atoms with van der Waals surface area (Å²) in [6.07, 6.45) is 13.9. The lowest BCUT2D eigenvalue weighted by Gasteiger charge is -2.54. The Bertz CT molecular complexity index is 976. The molecule has 1 aliphatic carbocycles. The zero-order valence-corrected chi connectivity index (χ0v) is 17.9. The number of nitrogens with one attached hydrogen (secondary N) is 1. The lowest BCUT2D eigenvalue weighted by molar-refractivity contribution is -0.136. The Morgan fingerprint density at radius 2 is 2.07 bits per heavy atom. The smallest absolute Gasteiger partial charge is 0.223 e. The van der Waals surface area contributed by atoms with Crippen molar-refractivity contribution in [3.05, 3.63) is 47.7 Å². The molecule has 1 N–H and O–H groups in total. The molecule has 0 radical (unpaired) electrons. The third-order valence-electron chi connectivity index (χ3n) is 8.26. The SMILES string of the molecule is O=C(CCc1c[nH]c2ccccc12)N1CCCC2=C[C@@H]3C[C@@H](CN4CCCC[C@H]34)[C@@H]21. The Kier molecular flexibility index (Phi) is 4.71. The summed E-state index contributed by atoms with van der Waals surface area (Å²) in [7, 11) is 0. The molecule has 4 heterocycles. The highest BCUT2D eigenvalue weighted by atomic mass is 16.2. The number of piperidine rings is 3. The van der Waals surface area contributed by atoms with Crippen LogP contribution in [0.5, 0.6) is 0 Å². The number of rotatable bonds is 3. The molecule has 1 amide bonds.